The number of aromatic nitrogens is 2. The zero-order valence-corrected chi connectivity index (χ0v) is 10.9. The van der Waals surface area contributed by atoms with Gasteiger partial charge in [0.25, 0.3) is 5.91 Å². The first-order chi connectivity index (χ1) is 8.68. The van der Waals surface area contributed by atoms with Crippen LogP contribution in [0.3, 0.4) is 0 Å². The largest absolute Gasteiger partial charge is 0.382 e. The first-order valence-corrected chi connectivity index (χ1v) is 6.41. The maximum atomic E-state index is 12.1. The summed E-state index contributed by atoms with van der Waals surface area (Å²) in [5.41, 5.74) is 5.85. The molecule has 18 heavy (non-hydrogen) atoms. The average molecular weight is 262 g/mol. The Balaban J connectivity index is 1.99. The molecule has 6 heteroatoms. The van der Waals surface area contributed by atoms with Gasteiger partial charge in [-0.05, 0) is 17.9 Å². The summed E-state index contributed by atoms with van der Waals surface area (Å²) in [6.07, 6.45) is 3.77. The molecule has 0 bridgehead atoms. The van der Waals surface area contributed by atoms with Gasteiger partial charge >= 0.3 is 0 Å². The van der Waals surface area contributed by atoms with Gasteiger partial charge in [0.05, 0.1) is 0 Å². The summed E-state index contributed by atoms with van der Waals surface area (Å²) in [4.78, 5) is 22.8. The van der Waals surface area contributed by atoms with Crippen LogP contribution in [0.25, 0.3) is 0 Å². The van der Waals surface area contributed by atoms with Gasteiger partial charge < -0.3 is 10.6 Å². The Hall–Kier alpha value is -1.95. The van der Waals surface area contributed by atoms with Crippen LogP contribution in [0.4, 0.5) is 5.82 Å². The molecule has 0 aliphatic heterocycles. The van der Waals surface area contributed by atoms with E-state index in [9.17, 15) is 4.79 Å². The Morgan fingerprint density at radius 2 is 2.22 bits per heavy atom. The zero-order chi connectivity index (χ0) is 13.0. The van der Waals surface area contributed by atoms with E-state index >= 15 is 0 Å². The number of hydrogen-bond acceptors (Lipinski definition) is 5. The molecule has 0 atom stereocenters. The molecule has 0 saturated carbocycles. The summed E-state index contributed by atoms with van der Waals surface area (Å²) in [5, 5.41) is 2.03. The van der Waals surface area contributed by atoms with Gasteiger partial charge in [-0.25, -0.2) is 9.97 Å². The Morgan fingerprint density at radius 1 is 1.44 bits per heavy atom. The van der Waals surface area contributed by atoms with E-state index in [0.717, 1.165) is 6.42 Å². The molecule has 94 valence electrons. The predicted molar refractivity (Wildman–Crippen MR) is 71.4 cm³/mol. The quantitative estimate of drug-likeness (QED) is 0.904. The number of anilines is 1. The zero-order valence-electron chi connectivity index (χ0n) is 10.0. The highest BCUT2D eigenvalue weighted by molar-refractivity contribution is 7.09. The summed E-state index contributed by atoms with van der Waals surface area (Å²) in [6.45, 7) is 0.634. The molecule has 2 N–H and O–H groups in total. The minimum Gasteiger partial charge on any atom is -0.382 e. The number of amides is 1. The summed E-state index contributed by atoms with van der Waals surface area (Å²) in [7, 11) is 1.74. The molecule has 0 aromatic carbocycles. The van der Waals surface area contributed by atoms with E-state index in [1.165, 1.54) is 17.3 Å². The molecule has 0 fully saturated rings. The van der Waals surface area contributed by atoms with Crippen molar-refractivity contribution in [3.05, 3.63) is 40.5 Å². The molecule has 2 aromatic heterocycles. The lowest BCUT2D eigenvalue weighted by atomic mass is 10.3. The summed E-state index contributed by atoms with van der Waals surface area (Å²) in [6, 6.07) is 4.06. The fraction of sp³-hybridized carbons (Fsp3) is 0.250. The van der Waals surface area contributed by atoms with E-state index < -0.39 is 0 Å². The van der Waals surface area contributed by atoms with Gasteiger partial charge in [-0.15, -0.1) is 11.3 Å². The van der Waals surface area contributed by atoms with Crippen molar-refractivity contribution in [3.63, 3.8) is 0 Å². The topological polar surface area (TPSA) is 72.1 Å². The van der Waals surface area contributed by atoms with Gasteiger partial charge in [0.2, 0.25) is 0 Å². The average Bonchev–Trinajstić information content (AvgIpc) is 2.89. The minimum absolute atomic E-state index is 0.172. The highest BCUT2D eigenvalue weighted by Gasteiger charge is 2.16. The third-order valence-electron chi connectivity index (χ3n) is 2.55. The summed E-state index contributed by atoms with van der Waals surface area (Å²) >= 11 is 1.68. The van der Waals surface area contributed by atoms with Crippen LogP contribution in [0.2, 0.25) is 0 Å². The van der Waals surface area contributed by atoms with Crippen LogP contribution < -0.4 is 5.73 Å². The van der Waals surface area contributed by atoms with Gasteiger partial charge in [0.15, 0.2) is 11.5 Å². The second kappa shape index (κ2) is 5.59. The van der Waals surface area contributed by atoms with Crippen molar-refractivity contribution in [2.24, 2.45) is 0 Å². The first kappa shape index (κ1) is 12.5. The Bertz CT molecular complexity index is 527. The summed E-state index contributed by atoms with van der Waals surface area (Å²) < 4.78 is 0. The predicted octanol–water partition coefficient (Wildman–Crippen LogP) is 1.44. The molecule has 1 amide bonds. The van der Waals surface area contributed by atoms with E-state index in [0.29, 0.717) is 6.54 Å². The number of nitrogen functional groups attached to an aromatic ring is 1. The van der Waals surface area contributed by atoms with Crippen molar-refractivity contribution in [1.82, 2.24) is 14.9 Å². The molecule has 0 aliphatic rings. The molecule has 2 rings (SSSR count). The fourth-order valence-corrected chi connectivity index (χ4v) is 2.23. The Kier molecular flexibility index (Phi) is 3.88. The third-order valence-corrected chi connectivity index (χ3v) is 3.49. The minimum atomic E-state index is -0.197. The molecule has 2 aromatic rings. The van der Waals surface area contributed by atoms with Gasteiger partial charge in [-0.3, -0.25) is 4.79 Å². The molecule has 0 saturated heterocycles. The standard InChI is InChI=1S/C12H14N4OS/c1-16(7-4-9-3-2-8-18-9)12(17)10-11(13)15-6-5-14-10/h2-3,5-6,8H,4,7H2,1H3,(H2,13,15). The lowest BCUT2D eigenvalue weighted by Crippen LogP contribution is -2.30. The molecular weight excluding hydrogens is 248 g/mol. The number of rotatable bonds is 4. The van der Waals surface area contributed by atoms with Crippen molar-refractivity contribution in [1.29, 1.82) is 0 Å². The highest BCUT2D eigenvalue weighted by atomic mass is 32.1. The molecule has 5 nitrogen and oxygen atoms in total. The lowest BCUT2D eigenvalue weighted by Gasteiger charge is -2.16. The maximum absolute atomic E-state index is 12.1. The molecule has 0 radical (unpaired) electrons. The maximum Gasteiger partial charge on any atom is 0.276 e. The molecular formula is C12H14N4OS. The molecule has 0 unspecified atom stereocenters. The van der Waals surface area contributed by atoms with Crippen LogP contribution >= 0.6 is 11.3 Å². The summed E-state index contributed by atoms with van der Waals surface area (Å²) in [5.74, 6) is -0.0253. The Labute approximate surface area is 109 Å². The fourth-order valence-electron chi connectivity index (χ4n) is 1.53. The number of thiophene rings is 1. The number of carbonyl (C=O) groups is 1. The first-order valence-electron chi connectivity index (χ1n) is 5.53. The highest BCUT2D eigenvalue weighted by Crippen LogP contribution is 2.11. The van der Waals surface area contributed by atoms with Crippen LogP contribution in [0.1, 0.15) is 15.4 Å². The van der Waals surface area contributed by atoms with Gasteiger partial charge in [0, 0.05) is 30.9 Å². The second-order valence-electron chi connectivity index (χ2n) is 3.85. The SMILES string of the molecule is CN(CCc1cccs1)C(=O)c1nccnc1N. The second-order valence-corrected chi connectivity index (χ2v) is 4.88. The van der Waals surface area contributed by atoms with Gasteiger partial charge in [-0.1, -0.05) is 6.07 Å². The van der Waals surface area contributed by atoms with Crippen molar-refractivity contribution in [2.75, 3.05) is 19.3 Å². The van der Waals surface area contributed by atoms with Crippen LogP contribution in [0, 0.1) is 0 Å². The smallest absolute Gasteiger partial charge is 0.276 e. The van der Waals surface area contributed by atoms with Crippen LogP contribution in [-0.2, 0) is 6.42 Å². The Morgan fingerprint density at radius 3 is 2.89 bits per heavy atom. The number of carbonyl (C=O) groups excluding carboxylic acids is 1. The van der Waals surface area contributed by atoms with E-state index in [-0.39, 0.29) is 17.4 Å². The van der Waals surface area contributed by atoms with E-state index in [4.69, 9.17) is 5.73 Å². The molecule has 0 spiro atoms. The number of likely N-dealkylation sites (N-methyl/N-ethyl adjacent to an activating group) is 1. The normalized spacial score (nSPS) is 10.3. The number of nitrogens with zero attached hydrogens (tertiary/aromatic N) is 3. The van der Waals surface area contributed by atoms with Crippen LogP contribution in [0.15, 0.2) is 29.9 Å². The number of hydrogen-bond donors (Lipinski definition) is 1. The third kappa shape index (κ3) is 2.84. The van der Waals surface area contributed by atoms with Gasteiger partial charge in [-0.2, -0.15) is 0 Å². The van der Waals surface area contributed by atoms with E-state index in [1.54, 1.807) is 23.3 Å². The van der Waals surface area contributed by atoms with E-state index in [1.807, 2.05) is 11.4 Å². The van der Waals surface area contributed by atoms with Crippen LogP contribution in [-0.4, -0.2) is 34.4 Å². The van der Waals surface area contributed by atoms with Crippen molar-refractivity contribution < 1.29 is 4.79 Å². The molecule has 2 heterocycles. The number of nitrogens with two attached hydrogens (primary N) is 1. The molecule has 0 aliphatic carbocycles. The van der Waals surface area contributed by atoms with Gasteiger partial charge in [0.1, 0.15) is 0 Å². The van der Waals surface area contributed by atoms with Crippen molar-refractivity contribution in [3.8, 4) is 0 Å². The van der Waals surface area contributed by atoms with E-state index in [2.05, 4.69) is 16.0 Å². The van der Waals surface area contributed by atoms with Crippen molar-refractivity contribution in [2.45, 2.75) is 6.42 Å². The van der Waals surface area contributed by atoms with Crippen molar-refractivity contribution >= 4 is 23.1 Å². The lowest BCUT2D eigenvalue weighted by molar-refractivity contribution is 0.0792. The monoisotopic (exact) mass is 262 g/mol. The van der Waals surface area contributed by atoms with Crippen LogP contribution in [0.5, 0.6) is 0 Å².